The second kappa shape index (κ2) is 5.98. The van der Waals surface area contributed by atoms with Crippen molar-refractivity contribution in [1.29, 1.82) is 0 Å². The molecule has 1 heterocycles. The van der Waals surface area contributed by atoms with E-state index in [-0.39, 0.29) is 17.1 Å². The summed E-state index contributed by atoms with van der Waals surface area (Å²) in [6, 6.07) is 7.91. The van der Waals surface area contributed by atoms with E-state index in [1.165, 1.54) is 12.1 Å². The molecule has 2 N–H and O–H groups in total. The second-order valence-corrected chi connectivity index (χ2v) is 5.91. The molecular formula is C16H12ClF3N2O2. The lowest BCUT2D eigenvalue weighted by atomic mass is 10.1. The number of hydrogen-bond donors (Lipinski definition) is 2. The SMILES string of the molecule is O=C(O)NC1CC1c1ccc(-c2cccc(C(F)(F)F)c2)nc1Cl. The molecule has 0 bridgehead atoms. The van der Waals surface area contributed by atoms with Crippen LogP contribution in [0.1, 0.15) is 23.5 Å². The number of hydrogen-bond acceptors (Lipinski definition) is 2. The third-order valence-corrected chi connectivity index (χ3v) is 4.16. The third kappa shape index (κ3) is 3.46. The first-order chi connectivity index (χ1) is 11.3. The van der Waals surface area contributed by atoms with E-state index in [1.807, 2.05) is 0 Å². The van der Waals surface area contributed by atoms with Crippen LogP contribution in [0, 0.1) is 0 Å². The number of pyridine rings is 1. The van der Waals surface area contributed by atoms with Crippen LogP contribution in [-0.4, -0.2) is 22.2 Å². The maximum absolute atomic E-state index is 12.8. The van der Waals surface area contributed by atoms with E-state index in [9.17, 15) is 18.0 Å². The van der Waals surface area contributed by atoms with Crippen molar-refractivity contribution < 1.29 is 23.1 Å². The van der Waals surface area contributed by atoms with Gasteiger partial charge in [-0.1, -0.05) is 29.8 Å². The summed E-state index contributed by atoms with van der Waals surface area (Å²) in [5.41, 5.74) is 0.577. The van der Waals surface area contributed by atoms with Crippen LogP contribution in [0.3, 0.4) is 0 Å². The van der Waals surface area contributed by atoms with Gasteiger partial charge in [-0.15, -0.1) is 0 Å². The first kappa shape index (κ1) is 16.6. The summed E-state index contributed by atoms with van der Waals surface area (Å²) in [5.74, 6) is -0.0586. The van der Waals surface area contributed by atoms with Crippen LogP contribution in [0.5, 0.6) is 0 Å². The average molecular weight is 357 g/mol. The maximum atomic E-state index is 12.8. The summed E-state index contributed by atoms with van der Waals surface area (Å²) in [6.45, 7) is 0. The van der Waals surface area contributed by atoms with Crippen molar-refractivity contribution in [2.24, 2.45) is 0 Å². The molecule has 1 aliphatic carbocycles. The maximum Gasteiger partial charge on any atom is 0.416 e. The van der Waals surface area contributed by atoms with Gasteiger partial charge in [0.2, 0.25) is 0 Å². The largest absolute Gasteiger partial charge is 0.465 e. The molecule has 8 heteroatoms. The molecule has 3 rings (SSSR count). The molecule has 1 amide bonds. The average Bonchev–Trinajstić information content (AvgIpc) is 3.24. The van der Waals surface area contributed by atoms with E-state index >= 15 is 0 Å². The van der Waals surface area contributed by atoms with Gasteiger partial charge in [-0.05, 0) is 30.2 Å². The summed E-state index contributed by atoms with van der Waals surface area (Å²) < 4.78 is 38.4. The topological polar surface area (TPSA) is 62.2 Å². The minimum atomic E-state index is -4.43. The molecule has 0 aliphatic heterocycles. The Balaban J connectivity index is 1.85. The quantitative estimate of drug-likeness (QED) is 0.793. The zero-order valence-corrected chi connectivity index (χ0v) is 12.9. The third-order valence-electron chi connectivity index (χ3n) is 3.86. The number of carbonyl (C=O) groups is 1. The molecule has 1 aromatic carbocycles. The predicted molar refractivity (Wildman–Crippen MR) is 82.0 cm³/mol. The minimum Gasteiger partial charge on any atom is -0.465 e. The number of nitrogens with zero attached hydrogens (tertiary/aromatic N) is 1. The molecule has 1 fully saturated rings. The van der Waals surface area contributed by atoms with Crippen LogP contribution < -0.4 is 5.32 Å². The number of nitrogens with one attached hydrogen (secondary N) is 1. The van der Waals surface area contributed by atoms with E-state index in [0.717, 1.165) is 12.1 Å². The lowest BCUT2D eigenvalue weighted by Crippen LogP contribution is -2.24. The number of aromatic nitrogens is 1. The van der Waals surface area contributed by atoms with E-state index in [0.29, 0.717) is 23.2 Å². The molecule has 1 aromatic heterocycles. The monoisotopic (exact) mass is 356 g/mol. The fourth-order valence-corrected chi connectivity index (χ4v) is 2.89. The summed E-state index contributed by atoms with van der Waals surface area (Å²) >= 11 is 6.14. The number of rotatable bonds is 3. The molecule has 2 unspecified atom stereocenters. The standard InChI is InChI=1S/C16H12ClF3N2O2/c17-14-10(11-7-13(11)22-15(23)24)4-5-12(21-14)8-2-1-3-9(6-8)16(18,19)20/h1-6,11,13,22H,7H2,(H,23,24). The van der Waals surface area contributed by atoms with Gasteiger partial charge < -0.3 is 10.4 Å². The Bertz CT molecular complexity index is 795. The number of halogens is 4. The van der Waals surface area contributed by atoms with Crippen LogP contribution in [0.4, 0.5) is 18.0 Å². The first-order valence-electron chi connectivity index (χ1n) is 7.09. The molecule has 4 nitrogen and oxygen atoms in total. The molecule has 24 heavy (non-hydrogen) atoms. The summed E-state index contributed by atoms with van der Waals surface area (Å²) in [7, 11) is 0. The van der Waals surface area contributed by atoms with Crippen molar-refractivity contribution in [3.05, 3.63) is 52.7 Å². The van der Waals surface area contributed by atoms with Crippen LogP contribution in [-0.2, 0) is 6.18 Å². The number of alkyl halides is 3. The van der Waals surface area contributed by atoms with E-state index in [1.54, 1.807) is 12.1 Å². The Morgan fingerprint density at radius 2 is 2.04 bits per heavy atom. The van der Waals surface area contributed by atoms with Gasteiger partial charge in [0.25, 0.3) is 0 Å². The molecule has 1 saturated carbocycles. The summed E-state index contributed by atoms with van der Waals surface area (Å²) in [4.78, 5) is 14.8. The summed E-state index contributed by atoms with van der Waals surface area (Å²) in [5, 5.41) is 11.2. The number of carboxylic acid groups (broad SMARTS) is 1. The number of benzene rings is 1. The van der Waals surface area contributed by atoms with Crippen molar-refractivity contribution in [3.8, 4) is 11.3 Å². The van der Waals surface area contributed by atoms with Gasteiger partial charge in [0, 0.05) is 17.5 Å². The minimum absolute atomic E-state index is 0.0586. The molecule has 126 valence electrons. The Morgan fingerprint density at radius 3 is 2.67 bits per heavy atom. The zero-order chi connectivity index (χ0) is 17.5. The van der Waals surface area contributed by atoms with Crippen LogP contribution in [0.2, 0.25) is 5.15 Å². The van der Waals surface area contributed by atoms with Gasteiger partial charge in [0.05, 0.1) is 11.3 Å². The molecule has 0 saturated heterocycles. The smallest absolute Gasteiger partial charge is 0.416 e. The summed E-state index contributed by atoms with van der Waals surface area (Å²) in [6.07, 6.45) is -4.91. The first-order valence-corrected chi connectivity index (χ1v) is 7.47. The number of amides is 1. The van der Waals surface area contributed by atoms with Gasteiger partial charge >= 0.3 is 12.3 Å². The van der Waals surface area contributed by atoms with Crippen LogP contribution >= 0.6 is 11.6 Å². The predicted octanol–water partition coefficient (Wildman–Crippen LogP) is 4.54. The highest BCUT2D eigenvalue weighted by molar-refractivity contribution is 6.30. The van der Waals surface area contributed by atoms with Crippen molar-refractivity contribution in [1.82, 2.24) is 10.3 Å². The van der Waals surface area contributed by atoms with Crippen molar-refractivity contribution >= 4 is 17.7 Å². The second-order valence-electron chi connectivity index (χ2n) is 5.55. The highest BCUT2D eigenvalue weighted by Crippen LogP contribution is 2.43. The van der Waals surface area contributed by atoms with Crippen LogP contribution in [0.15, 0.2) is 36.4 Å². The highest BCUT2D eigenvalue weighted by Gasteiger charge is 2.41. The molecule has 1 aliphatic rings. The zero-order valence-electron chi connectivity index (χ0n) is 12.1. The Morgan fingerprint density at radius 1 is 1.29 bits per heavy atom. The molecule has 0 spiro atoms. The van der Waals surface area contributed by atoms with Gasteiger partial charge in [-0.3, -0.25) is 0 Å². The molecular weight excluding hydrogens is 345 g/mol. The van der Waals surface area contributed by atoms with Crippen LogP contribution in [0.25, 0.3) is 11.3 Å². The van der Waals surface area contributed by atoms with Crippen molar-refractivity contribution in [3.63, 3.8) is 0 Å². The van der Waals surface area contributed by atoms with E-state index in [2.05, 4.69) is 10.3 Å². The molecule has 0 radical (unpaired) electrons. The normalized spacial score (nSPS) is 19.8. The van der Waals surface area contributed by atoms with E-state index in [4.69, 9.17) is 16.7 Å². The highest BCUT2D eigenvalue weighted by atomic mass is 35.5. The Labute approximate surface area is 140 Å². The lowest BCUT2D eigenvalue weighted by Gasteiger charge is -2.10. The Kier molecular flexibility index (Phi) is 4.13. The van der Waals surface area contributed by atoms with Gasteiger partial charge in [-0.2, -0.15) is 13.2 Å². The Hall–Kier alpha value is -2.28. The van der Waals surface area contributed by atoms with E-state index < -0.39 is 17.8 Å². The molecule has 2 atom stereocenters. The lowest BCUT2D eigenvalue weighted by molar-refractivity contribution is -0.137. The fourth-order valence-electron chi connectivity index (χ4n) is 2.59. The van der Waals surface area contributed by atoms with Crippen molar-refractivity contribution in [2.75, 3.05) is 0 Å². The van der Waals surface area contributed by atoms with Crippen molar-refractivity contribution in [2.45, 2.75) is 24.6 Å². The molecule has 2 aromatic rings. The van der Waals surface area contributed by atoms with Gasteiger partial charge in [0.15, 0.2) is 0 Å². The van der Waals surface area contributed by atoms with Gasteiger partial charge in [0.1, 0.15) is 5.15 Å². The fraction of sp³-hybridized carbons (Fsp3) is 0.250. The van der Waals surface area contributed by atoms with Gasteiger partial charge in [-0.25, -0.2) is 9.78 Å².